The lowest BCUT2D eigenvalue weighted by Gasteiger charge is -2.28. The number of nitrogens with one attached hydrogen (secondary N) is 1. The van der Waals surface area contributed by atoms with E-state index in [0.29, 0.717) is 33.7 Å². The van der Waals surface area contributed by atoms with Crippen molar-refractivity contribution >= 4 is 16.8 Å². The lowest BCUT2D eigenvalue weighted by atomic mass is 10.0. The summed E-state index contributed by atoms with van der Waals surface area (Å²) in [6.45, 7) is 3.23. The third-order valence-electron chi connectivity index (χ3n) is 5.68. The molecule has 36 heavy (non-hydrogen) atoms. The van der Waals surface area contributed by atoms with E-state index in [4.69, 9.17) is 9.47 Å². The molecule has 0 saturated heterocycles. The van der Waals surface area contributed by atoms with E-state index in [-0.39, 0.29) is 5.82 Å². The Bertz CT molecular complexity index is 1380. The molecule has 6 nitrogen and oxygen atoms in total. The van der Waals surface area contributed by atoms with Gasteiger partial charge in [-0.05, 0) is 73.5 Å². The molecule has 0 radical (unpaired) electrons. The predicted octanol–water partition coefficient (Wildman–Crippen LogP) is 5.67. The number of rotatable bonds is 7. The molecule has 0 aliphatic carbocycles. The van der Waals surface area contributed by atoms with Crippen LogP contribution >= 0.6 is 0 Å². The summed E-state index contributed by atoms with van der Waals surface area (Å²) in [6, 6.07) is 15.1. The van der Waals surface area contributed by atoms with Crippen molar-refractivity contribution < 1.29 is 31.8 Å². The van der Waals surface area contributed by atoms with Gasteiger partial charge >= 0.3 is 12.1 Å². The van der Waals surface area contributed by atoms with Gasteiger partial charge in [-0.15, -0.1) is 0 Å². The molecular formula is C26H23F4N3O3. The second-order valence-electron chi connectivity index (χ2n) is 8.28. The van der Waals surface area contributed by atoms with Gasteiger partial charge in [0.05, 0.1) is 30.6 Å². The van der Waals surface area contributed by atoms with Gasteiger partial charge in [0.2, 0.25) is 0 Å². The number of nitrogens with zero attached hydrogens (tertiary/aromatic N) is 2. The van der Waals surface area contributed by atoms with Crippen molar-refractivity contribution in [2.45, 2.75) is 32.2 Å². The molecule has 0 saturated carbocycles. The van der Waals surface area contributed by atoms with Gasteiger partial charge in [0.1, 0.15) is 23.4 Å². The number of carbonyl (C=O) groups is 1. The molecule has 188 valence electrons. The number of aromatic nitrogens is 2. The number of benzene rings is 3. The molecule has 0 fully saturated rings. The Morgan fingerprint density at radius 1 is 1.08 bits per heavy atom. The van der Waals surface area contributed by atoms with Crippen LogP contribution in [0.2, 0.25) is 0 Å². The van der Waals surface area contributed by atoms with Crippen molar-refractivity contribution in [1.29, 1.82) is 0 Å². The van der Waals surface area contributed by atoms with Gasteiger partial charge in [-0.2, -0.15) is 18.3 Å². The lowest BCUT2D eigenvalue weighted by molar-refractivity contribution is -0.174. The van der Waals surface area contributed by atoms with Crippen LogP contribution in [0.5, 0.6) is 11.5 Å². The fourth-order valence-corrected chi connectivity index (χ4v) is 3.85. The second kappa shape index (κ2) is 9.88. The Balaban J connectivity index is 1.70. The first kappa shape index (κ1) is 25.0. The Labute approximate surface area is 204 Å². The maximum Gasteiger partial charge on any atom is 0.471 e. The molecular weight excluding hydrogens is 478 g/mol. The van der Waals surface area contributed by atoms with Gasteiger partial charge in [0.15, 0.2) is 0 Å². The quantitative estimate of drug-likeness (QED) is 0.332. The average molecular weight is 501 g/mol. The first-order valence-electron chi connectivity index (χ1n) is 11.0. The Kier molecular flexibility index (Phi) is 6.87. The number of ether oxygens (including phenoxy) is 2. The Hall–Kier alpha value is -4.08. The van der Waals surface area contributed by atoms with E-state index in [2.05, 4.69) is 5.10 Å². The predicted molar refractivity (Wildman–Crippen MR) is 126 cm³/mol. The minimum atomic E-state index is -5.03. The van der Waals surface area contributed by atoms with E-state index in [1.54, 1.807) is 60.3 Å². The van der Waals surface area contributed by atoms with E-state index < -0.39 is 24.2 Å². The fraction of sp³-hybridized carbons (Fsp3) is 0.231. The number of aryl methyl sites for hydroxylation is 1. The summed E-state index contributed by atoms with van der Waals surface area (Å²) in [4.78, 5) is 11.6. The van der Waals surface area contributed by atoms with Crippen LogP contribution in [0.4, 0.5) is 17.6 Å². The lowest BCUT2D eigenvalue weighted by Crippen LogP contribution is -2.45. The van der Waals surface area contributed by atoms with Gasteiger partial charge in [-0.3, -0.25) is 4.79 Å². The van der Waals surface area contributed by atoms with Crippen molar-refractivity contribution in [3.8, 4) is 17.2 Å². The van der Waals surface area contributed by atoms with Crippen LogP contribution in [-0.4, -0.2) is 35.0 Å². The molecule has 0 bridgehead atoms. The molecule has 1 amide bonds. The number of methoxy groups -OCH3 is 1. The topological polar surface area (TPSA) is 65.4 Å². The highest BCUT2D eigenvalue weighted by molar-refractivity contribution is 5.83. The first-order chi connectivity index (χ1) is 17.1. The molecule has 4 aromatic rings. The summed E-state index contributed by atoms with van der Waals surface area (Å²) in [5.41, 5.74) is 2.61. The van der Waals surface area contributed by atoms with Crippen molar-refractivity contribution in [3.05, 3.63) is 83.8 Å². The molecule has 10 heteroatoms. The molecule has 0 spiro atoms. The van der Waals surface area contributed by atoms with E-state index in [1.165, 1.54) is 26.2 Å². The van der Waals surface area contributed by atoms with Gasteiger partial charge in [0.25, 0.3) is 0 Å². The summed E-state index contributed by atoms with van der Waals surface area (Å²) in [5, 5.41) is 7.07. The SMILES string of the molecule is COc1cccc([C@H](Oc2cc3cnn(-c4ccc(F)cc4)c3cc2C)[C@H](C)NC(=O)C(F)(F)F)c1. The van der Waals surface area contributed by atoms with Crippen LogP contribution in [0.15, 0.2) is 66.9 Å². The van der Waals surface area contributed by atoms with E-state index in [9.17, 15) is 22.4 Å². The maximum absolute atomic E-state index is 13.3. The molecule has 1 N–H and O–H groups in total. The van der Waals surface area contributed by atoms with Crippen molar-refractivity contribution in [2.75, 3.05) is 7.11 Å². The number of alkyl halides is 3. The van der Waals surface area contributed by atoms with Gasteiger partial charge in [-0.25, -0.2) is 9.07 Å². The zero-order valence-corrected chi connectivity index (χ0v) is 19.6. The van der Waals surface area contributed by atoms with Crippen LogP contribution < -0.4 is 14.8 Å². The van der Waals surface area contributed by atoms with Crippen LogP contribution in [0, 0.1) is 12.7 Å². The highest BCUT2D eigenvalue weighted by Gasteiger charge is 2.40. The van der Waals surface area contributed by atoms with Crippen LogP contribution in [-0.2, 0) is 4.79 Å². The first-order valence-corrected chi connectivity index (χ1v) is 11.0. The van der Waals surface area contributed by atoms with Crippen LogP contribution in [0.25, 0.3) is 16.6 Å². The van der Waals surface area contributed by atoms with E-state index >= 15 is 0 Å². The highest BCUT2D eigenvalue weighted by atomic mass is 19.4. The maximum atomic E-state index is 13.3. The summed E-state index contributed by atoms with van der Waals surface area (Å²) < 4.78 is 65.2. The minimum absolute atomic E-state index is 0.364. The minimum Gasteiger partial charge on any atom is -0.497 e. The van der Waals surface area contributed by atoms with Crippen molar-refractivity contribution in [2.24, 2.45) is 0 Å². The Morgan fingerprint density at radius 3 is 2.47 bits per heavy atom. The monoisotopic (exact) mass is 501 g/mol. The summed E-state index contributed by atoms with van der Waals surface area (Å²) in [5.74, 6) is -1.53. The third kappa shape index (κ3) is 5.27. The standard InChI is InChI=1S/C26H23F4N3O3/c1-15-11-22-18(14-31-33(22)20-9-7-19(27)8-10-20)13-23(15)36-24(16(2)32-25(34)26(28,29)30)17-5-4-6-21(12-17)35-3/h4-14,16,24H,1-3H3,(H,32,34)/t16-,24+/m0/s1. The van der Waals surface area contributed by atoms with Crippen molar-refractivity contribution in [3.63, 3.8) is 0 Å². The van der Waals surface area contributed by atoms with Crippen LogP contribution in [0.1, 0.15) is 24.2 Å². The number of hydrogen-bond acceptors (Lipinski definition) is 4. The van der Waals surface area contributed by atoms with E-state index in [0.717, 1.165) is 5.52 Å². The fourth-order valence-electron chi connectivity index (χ4n) is 3.85. The number of carbonyl (C=O) groups excluding carboxylic acids is 1. The number of hydrogen-bond donors (Lipinski definition) is 1. The normalized spacial score (nSPS) is 13.3. The summed E-state index contributed by atoms with van der Waals surface area (Å²) >= 11 is 0. The molecule has 0 aliphatic rings. The van der Waals surface area contributed by atoms with Crippen molar-refractivity contribution in [1.82, 2.24) is 15.1 Å². The average Bonchev–Trinajstić information content (AvgIpc) is 3.24. The molecule has 2 atom stereocenters. The number of halogens is 4. The molecule has 4 rings (SSSR count). The molecule has 1 aromatic heterocycles. The smallest absolute Gasteiger partial charge is 0.471 e. The molecule has 0 unspecified atom stereocenters. The number of fused-ring (bicyclic) bond motifs is 1. The molecule has 3 aromatic carbocycles. The molecule has 1 heterocycles. The van der Waals surface area contributed by atoms with Crippen LogP contribution in [0.3, 0.4) is 0 Å². The zero-order valence-electron chi connectivity index (χ0n) is 19.6. The summed E-state index contributed by atoms with van der Waals surface area (Å²) in [7, 11) is 1.47. The third-order valence-corrected chi connectivity index (χ3v) is 5.68. The van der Waals surface area contributed by atoms with E-state index in [1.807, 2.05) is 11.4 Å². The van der Waals surface area contributed by atoms with Gasteiger partial charge < -0.3 is 14.8 Å². The summed E-state index contributed by atoms with van der Waals surface area (Å²) in [6.07, 6.45) is -4.38. The second-order valence-corrected chi connectivity index (χ2v) is 8.28. The number of amides is 1. The van der Waals surface area contributed by atoms with Gasteiger partial charge in [-0.1, -0.05) is 12.1 Å². The largest absolute Gasteiger partial charge is 0.497 e. The van der Waals surface area contributed by atoms with Gasteiger partial charge in [0, 0.05) is 5.39 Å². The zero-order chi connectivity index (χ0) is 26.0. The Morgan fingerprint density at radius 2 is 1.81 bits per heavy atom. The molecule has 0 aliphatic heterocycles. The highest BCUT2D eigenvalue weighted by Crippen LogP contribution is 2.33.